The van der Waals surface area contributed by atoms with Crippen LogP contribution in [-0.2, 0) is 6.54 Å². The summed E-state index contributed by atoms with van der Waals surface area (Å²) in [6.45, 7) is 4.73. The minimum Gasteiger partial charge on any atom is -0.286 e. The van der Waals surface area contributed by atoms with Crippen molar-refractivity contribution in [1.29, 1.82) is 5.53 Å². The van der Waals surface area contributed by atoms with Crippen molar-refractivity contribution in [3.8, 4) is 0 Å². The van der Waals surface area contributed by atoms with E-state index in [0.717, 1.165) is 11.4 Å². The topological polar surface area (TPSA) is 61.1 Å². The van der Waals surface area contributed by atoms with Crippen molar-refractivity contribution >= 4 is 0 Å². The summed E-state index contributed by atoms with van der Waals surface area (Å²) in [5.74, 6) is 0.438. The highest BCUT2D eigenvalue weighted by Crippen LogP contribution is 2.11. The zero-order chi connectivity index (χ0) is 9.68. The molecule has 1 aromatic rings. The summed E-state index contributed by atoms with van der Waals surface area (Å²) in [4.78, 5) is 4.40. The molecule has 0 aliphatic rings. The normalized spacial score (nSPS) is 10.1. The number of rotatable bonds is 4. The van der Waals surface area contributed by atoms with Gasteiger partial charge < -0.3 is 0 Å². The van der Waals surface area contributed by atoms with Gasteiger partial charge in [0.25, 0.3) is 0 Å². The standard InChI is InChI=1S/C9H14N4/c1-7(2)9-5-3-4-8(12-9)6-11-13-10/h3-5,7H,6H2,1-2H3,(H2,10,11). The van der Waals surface area contributed by atoms with Crippen LogP contribution in [0.4, 0.5) is 0 Å². The van der Waals surface area contributed by atoms with Gasteiger partial charge in [0.15, 0.2) is 0 Å². The van der Waals surface area contributed by atoms with Crippen LogP contribution < -0.4 is 5.43 Å². The molecule has 0 aromatic carbocycles. The van der Waals surface area contributed by atoms with Crippen LogP contribution in [0, 0.1) is 5.53 Å². The van der Waals surface area contributed by atoms with Crippen LogP contribution in [0.5, 0.6) is 0 Å². The number of nitrogens with one attached hydrogen (secondary N) is 2. The van der Waals surface area contributed by atoms with Crippen LogP contribution in [0.15, 0.2) is 23.4 Å². The third-order valence-electron chi connectivity index (χ3n) is 1.76. The molecule has 0 saturated heterocycles. The summed E-state index contributed by atoms with van der Waals surface area (Å²) in [5, 5.41) is 3.07. The lowest BCUT2D eigenvalue weighted by atomic mass is 10.1. The fourth-order valence-corrected chi connectivity index (χ4v) is 1.04. The first-order valence-electron chi connectivity index (χ1n) is 4.29. The highest BCUT2D eigenvalue weighted by Gasteiger charge is 2.00. The molecule has 0 atom stereocenters. The first-order valence-corrected chi connectivity index (χ1v) is 4.29. The van der Waals surface area contributed by atoms with Gasteiger partial charge in [0.2, 0.25) is 0 Å². The second-order valence-electron chi connectivity index (χ2n) is 3.16. The maximum Gasteiger partial charge on any atom is 0.0769 e. The second-order valence-corrected chi connectivity index (χ2v) is 3.16. The SMILES string of the molecule is CC(C)c1cccc(CNN=N)n1. The fraction of sp³-hybridized carbons (Fsp3) is 0.444. The Labute approximate surface area is 77.9 Å². The Kier molecular flexibility index (Phi) is 3.37. The van der Waals surface area contributed by atoms with Gasteiger partial charge in [-0.3, -0.25) is 10.4 Å². The molecule has 0 saturated carbocycles. The fourth-order valence-electron chi connectivity index (χ4n) is 1.04. The highest BCUT2D eigenvalue weighted by atomic mass is 15.4. The predicted octanol–water partition coefficient (Wildman–Crippen LogP) is 2.24. The minimum atomic E-state index is 0.438. The minimum absolute atomic E-state index is 0.438. The van der Waals surface area contributed by atoms with Crippen LogP contribution in [0.25, 0.3) is 0 Å². The van der Waals surface area contributed by atoms with Crippen molar-refractivity contribution in [2.45, 2.75) is 26.3 Å². The summed E-state index contributed by atoms with van der Waals surface area (Å²) in [7, 11) is 0. The highest BCUT2D eigenvalue weighted by molar-refractivity contribution is 5.13. The van der Waals surface area contributed by atoms with Crippen LogP contribution in [-0.4, -0.2) is 4.98 Å². The molecule has 0 spiro atoms. The summed E-state index contributed by atoms with van der Waals surface area (Å²) in [5.41, 5.74) is 11.1. The Hall–Kier alpha value is -1.45. The zero-order valence-electron chi connectivity index (χ0n) is 7.91. The quantitative estimate of drug-likeness (QED) is 0.548. The Morgan fingerprint density at radius 2 is 2.31 bits per heavy atom. The second kappa shape index (κ2) is 4.54. The van der Waals surface area contributed by atoms with Crippen molar-refractivity contribution < 1.29 is 0 Å². The molecule has 0 amide bonds. The maximum atomic E-state index is 6.58. The maximum absolute atomic E-state index is 6.58. The molecular weight excluding hydrogens is 164 g/mol. The molecule has 4 nitrogen and oxygen atoms in total. The van der Waals surface area contributed by atoms with Gasteiger partial charge in [-0.25, -0.2) is 0 Å². The lowest BCUT2D eigenvalue weighted by Gasteiger charge is -2.05. The number of hydrogen-bond donors (Lipinski definition) is 2. The lowest BCUT2D eigenvalue weighted by Crippen LogP contribution is -2.06. The molecule has 0 bridgehead atoms. The molecule has 0 aliphatic carbocycles. The molecule has 0 aliphatic heterocycles. The van der Waals surface area contributed by atoms with E-state index in [1.54, 1.807) is 0 Å². The van der Waals surface area contributed by atoms with E-state index in [0.29, 0.717) is 12.5 Å². The first-order chi connectivity index (χ1) is 6.24. The van der Waals surface area contributed by atoms with Crippen molar-refractivity contribution in [2.75, 3.05) is 0 Å². The molecule has 0 fully saturated rings. The lowest BCUT2D eigenvalue weighted by molar-refractivity contribution is 0.656. The molecule has 1 rings (SSSR count). The molecule has 2 N–H and O–H groups in total. The number of aromatic nitrogens is 1. The molecule has 0 unspecified atom stereocenters. The summed E-state index contributed by atoms with van der Waals surface area (Å²) in [6.07, 6.45) is 0. The summed E-state index contributed by atoms with van der Waals surface area (Å²) < 4.78 is 0. The molecule has 70 valence electrons. The Bertz CT molecular complexity index is 283. The third kappa shape index (κ3) is 2.82. The van der Waals surface area contributed by atoms with Gasteiger partial charge in [-0.2, -0.15) is 5.53 Å². The molecule has 1 aromatic heterocycles. The van der Waals surface area contributed by atoms with Gasteiger partial charge in [0, 0.05) is 5.69 Å². The smallest absolute Gasteiger partial charge is 0.0769 e. The number of hydrogen-bond acceptors (Lipinski definition) is 3. The summed E-state index contributed by atoms with van der Waals surface area (Å²) >= 11 is 0. The Morgan fingerprint density at radius 3 is 2.92 bits per heavy atom. The molecular formula is C9H14N4. The van der Waals surface area contributed by atoms with Crippen LogP contribution in [0.3, 0.4) is 0 Å². The largest absolute Gasteiger partial charge is 0.286 e. The Balaban J connectivity index is 2.73. The Morgan fingerprint density at radius 1 is 1.54 bits per heavy atom. The predicted molar refractivity (Wildman–Crippen MR) is 50.3 cm³/mol. The van der Waals surface area contributed by atoms with E-state index in [4.69, 9.17) is 5.53 Å². The van der Waals surface area contributed by atoms with E-state index in [1.807, 2.05) is 18.2 Å². The van der Waals surface area contributed by atoms with Crippen molar-refractivity contribution in [1.82, 2.24) is 10.4 Å². The van der Waals surface area contributed by atoms with Crippen molar-refractivity contribution in [3.63, 3.8) is 0 Å². The van der Waals surface area contributed by atoms with Gasteiger partial charge in [-0.15, -0.1) is 0 Å². The van der Waals surface area contributed by atoms with E-state index < -0.39 is 0 Å². The van der Waals surface area contributed by atoms with Gasteiger partial charge in [0.05, 0.1) is 12.2 Å². The summed E-state index contributed by atoms with van der Waals surface area (Å²) in [6, 6.07) is 5.90. The number of nitrogens with zero attached hydrogens (tertiary/aromatic N) is 2. The number of pyridine rings is 1. The zero-order valence-corrected chi connectivity index (χ0v) is 7.91. The molecule has 13 heavy (non-hydrogen) atoms. The van der Waals surface area contributed by atoms with Crippen LogP contribution in [0.2, 0.25) is 0 Å². The van der Waals surface area contributed by atoms with E-state index in [2.05, 4.69) is 29.5 Å². The van der Waals surface area contributed by atoms with Gasteiger partial charge in [-0.1, -0.05) is 25.1 Å². The van der Waals surface area contributed by atoms with E-state index >= 15 is 0 Å². The molecule has 4 heteroatoms. The van der Waals surface area contributed by atoms with E-state index in [9.17, 15) is 0 Å². The van der Waals surface area contributed by atoms with Crippen LogP contribution >= 0.6 is 0 Å². The van der Waals surface area contributed by atoms with E-state index in [1.165, 1.54) is 0 Å². The third-order valence-corrected chi connectivity index (χ3v) is 1.76. The molecule has 0 radical (unpaired) electrons. The average Bonchev–Trinajstić information content (AvgIpc) is 2.15. The first kappa shape index (κ1) is 9.64. The van der Waals surface area contributed by atoms with Gasteiger partial charge in [0.1, 0.15) is 0 Å². The monoisotopic (exact) mass is 178 g/mol. The average molecular weight is 178 g/mol. The van der Waals surface area contributed by atoms with E-state index in [-0.39, 0.29) is 0 Å². The molecule has 1 heterocycles. The van der Waals surface area contributed by atoms with Crippen molar-refractivity contribution in [3.05, 3.63) is 29.6 Å². The van der Waals surface area contributed by atoms with Crippen LogP contribution in [0.1, 0.15) is 31.2 Å². The van der Waals surface area contributed by atoms with Gasteiger partial charge >= 0.3 is 0 Å². The van der Waals surface area contributed by atoms with Crippen molar-refractivity contribution in [2.24, 2.45) is 5.22 Å². The van der Waals surface area contributed by atoms with Gasteiger partial charge in [-0.05, 0) is 18.1 Å².